The van der Waals surface area contributed by atoms with Crippen molar-refractivity contribution in [3.63, 3.8) is 0 Å². The maximum atomic E-state index is 12.8. The minimum atomic E-state index is -3.97. The van der Waals surface area contributed by atoms with Crippen LogP contribution in [0.5, 0.6) is 0 Å². The minimum Gasteiger partial charge on any atom is -0.444 e. The van der Waals surface area contributed by atoms with Crippen molar-refractivity contribution < 1.29 is 27.5 Å². The Labute approximate surface area is 371 Å². The molecule has 2 heterocycles. The number of nitrogens with two attached hydrogens (primary N) is 2. The van der Waals surface area contributed by atoms with E-state index in [2.05, 4.69) is 33.5 Å². The number of aromatic nitrogens is 2. The number of hydrogen-bond donors (Lipinski definition) is 3. The molecule has 2 aromatic heterocycles. The molecule has 7 aromatic rings. The van der Waals surface area contributed by atoms with Crippen LogP contribution in [0.4, 0.5) is 27.8 Å². The zero-order valence-electron chi connectivity index (χ0n) is 35.6. The van der Waals surface area contributed by atoms with Crippen LogP contribution in [0.3, 0.4) is 0 Å². The van der Waals surface area contributed by atoms with Gasteiger partial charge in [0.05, 0.1) is 35.5 Å². The first kappa shape index (κ1) is 45.7. The van der Waals surface area contributed by atoms with Crippen LogP contribution in [0.1, 0.15) is 51.3 Å². The second-order valence-corrected chi connectivity index (χ2v) is 18.1. The number of para-hydroxylation sites is 2. The molecule has 0 aliphatic heterocycles. The van der Waals surface area contributed by atoms with Gasteiger partial charge in [-0.2, -0.15) is 0 Å². The number of nitrogens with zero attached hydrogens (tertiary/aromatic N) is 4. The van der Waals surface area contributed by atoms with Gasteiger partial charge in [-0.05, 0) is 98.1 Å². The molecule has 5 N–H and O–H groups in total. The van der Waals surface area contributed by atoms with Crippen LogP contribution in [0.25, 0.3) is 21.8 Å². The number of primary sulfonamides is 1. The van der Waals surface area contributed by atoms with E-state index in [1.54, 1.807) is 53.9 Å². The molecule has 0 aliphatic carbocycles. The van der Waals surface area contributed by atoms with Gasteiger partial charge in [0.15, 0.2) is 0 Å². The summed E-state index contributed by atoms with van der Waals surface area (Å²) in [5, 5.41) is 9.84. The van der Waals surface area contributed by atoms with Crippen LogP contribution in [-0.2, 0) is 43.2 Å². The van der Waals surface area contributed by atoms with Crippen LogP contribution < -0.4 is 26.0 Å². The van der Waals surface area contributed by atoms with E-state index in [1.165, 1.54) is 23.5 Å². The number of amides is 3. The summed E-state index contributed by atoms with van der Waals surface area (Å²) in [4.78, 5) is 50.1. The van der Waals surface area contributed by atoms with Crippen LogP contribution in [0.15, 0.2) is 149 Å². The van der Waals surface area contributed by atoms with Crippen molar-refractivity contribution in [3.8, 4) is 0 Å². The van der Waals surface area contributed by atoms with Crippen LogP contribution in [0.2, 0.25) is 0 Å². The number of hydrogen-bond acceptors (Lipinski definition) is 10. The molecule has 13 nitrogen and oxygen atoms in total. The summed E-state index contributed by atoms with van der Waals surface area (Å²) in [6.07, 6.45) is -0.553. The van der Waals surface area contributed by atoms with E-state index >= 15 is 0 Å². The SMILES string of the molecule is CC(=O)N(Cc1ccc2ccc(N)nc2c1)c1ccccc1S(N)(=O)=O.CC(=O)N(Cc1ccc2ccc(NC(=O)OC(C)(C)C)nc2c1)c1ccccc1SCc1ccccc1. The first-order valence-corrected chi connectivity index (χ1v) is 22.5. The zero-order valence-corrected chi connectivity index (χ0v) is 37.2. The van der Waals surface area contributed by atoms with Gasteiger partial charge in [0.1, 0.15) is 22.1 Å². The van der Waals surface area contributed by atoms with Gasteiger partial charge in [-0.1, -0.05) is 78.9 Å². The summed E-state index contributed by atoms with van der Waals surface area (Å²) in [6.45, 7) is 8.97. The summed E-state index contributed by atoms with van der Waals surface area (Å²) in [5.41, 5.74) is 10.6. The molecule has 0 bridgehead atoms. The number of pyridine rings is 2. The Balaban J connectivity index is 0.000000223. The quantitative estimate of drug-likeness (QED) is 0.106. The number of rotatable bonds is 11. The number of anilines is 4. The fraction of sp³-hybridized carbons (Fsp3) is 0.188. The molecule has 0 aliphatic rings. The molecule has 0 saturated heterocycles. The molecule has 0 radical (unpaired) electrons. The third-order valence-electron chi connectivity index (χ3n) is 9.46. The standard InChI is InChI=1S/C30H31N3O3S.C18H18N4O3S/c1-21(34)33(26-12-8-9-13-27(26)37-20-22-10-6-5-7-11-22)19-23-14-15-24-16-17-28(31-25(24)18-23)32-29(35)36-30(2,3)4;1-12(23)22(16-4-2-3-5-17(16)26(20,24)25)11-13-6-7-14-8-9-18(19)21-15(14)10-13/h5-18H,19-20H2,1-4H3,(H,31,32,35);2-10H,11H2,1H3,(H2,19,21)(H2,20,24,25). The topological polar surface area (TPSA) is 191 Å². The highest BCUT2D eigenvalue weighted by Crippen LogP contribution is 2.34. The molecule has 0 fully saturated rings. The van der Waals surface area contributed by atoms with Crippen molar-refractivity contribution in [2.24, 2.45) is 5.14 Å². The van der Waals surface area contributed by atoms with Crippen LogP contribution in [0, 0.1) is 0 Å². The molecular weight excluding hydrogens is 835 g/mol. The first-order chi connectivity index (χ1) is 29.9. The van der Waals surface area contributed by atoms with Crippen LogP contribution >= 0.6 is 11.8 Å². The van der Waals surface area contributed by atoms with Gasteiger partial charge >= 0.3 is 6.09 Å². The fourth-order valence-corrected chi connectivity index (χ4v) is 8.32. The highest BCUT2D eigenvalue weighted by molar-refractivity contribution is 7.98. The molecular formula is C48H49N7O6S2. The maximum absolute atomic E-state index is 12.8. The van der Waals surface area contributed by atoms with E-state index < -0.39 is 21.7 Å². The predicted molar refractivity (Wildman–Crippen MR) is 252 cm³/mol. The number of thioether (sulfide) groups is 1. The summed E-state index contributed by atoms with van der Waals surface area (Å²) < 4.78 is 29.1. The Morgan fingerprint density at radius 3 is 1.79 bits per heavy atom. The van der Waals surface area contributed by atoms with E-state index in [9.17, 15) is 22.8 Å². The lowest BCUT2D eigenvalue weighted by molar-refractivity contribution is -0.117. The molecule has 3 amide bonds. The Bertz CT molecular complexity index is 2890. The third kappa shape index (κ3) is 12.6. The fourth-order valence-electron chi connectivity index (χ4n) is 6.57. The second kappa shape index (κ2) is 19.9. The Hall–Kier alpha value is -6.81. The molecule has 5 aromatic carbocycles. The highest BCUT2D eigenvalue weighted by Gasteiger charge is 2.22. The third-order valence-corrected chi connectivity index (χ3v) is 11.6. The van der Waals surface area contributed by atoms with Crippen molar-refractivity contribution in [2.75, 3.05) is 20.9 Å². The smallest absolute Gasteiger partial charge is 0.413 e. The number of ether oxygens (including phenoxy) is 1. The molecule has 324 valence electrons. The Morgan fingerprint density at radius 2 is 1.19 bits per heavy atom. The predicted octanol–water partition coefficient (Wildman–Crippen LogP) is 9.44. The molecule has 0 atom stereocenters. The van der Waals surface area contributed by atoms with Gasteiger partial charge in [-0.15, -0.1) is 11.8 Å². The van der Waals surface area contributed by atoms with Gasteiger partial charge in [0.2, 0.25) is 21.8 Å². The lowest BCUT2D eigenvalue weighted by Gasteiger charge is -2.24. The van der Waals surface area contributed by atoms with E-state index in [0.29, 0.717) is 23.7 Å². The van der Waals surface area contributed by atoms with E-state index in [1.807, 2.05) is 106 Å². The Kier molecular flexibility index (Phi) is 14.5. The van der Waals surface area contributed by atoms with Crippen molar-refractivity contribution in [1.82, 2.24) is 9.97 Å². The van der Waals surface area contributed by atoms with E-state index in [0.717, 1.165) is 43.8 Å². The average Bonchev–Trinajstić information content (AvgIpc) is 3.23. The molecule has 15 heteroatoms. The second-order valence-electron chi connectivity index (χ2n) is 15.6. The van der Waals surface area contributed by atoms with Crippen molar-refractivity contribution in [1.29, 1.82) is 0 Å². The van der Waals surface area contributed by atoms with Gasteiger partial charge < -0.3 is 20.3 Å². The van der Waals surface area contributed by atoms with Crippen molar-refractivity contribution in [3.05, 3.63) is 156 Å². The van der Waals surface area contributed by atoms with E-state index in [4.69, 9.17) is 15.6 Å². The number of carbonyl (C=O) groups excluding carboxylic acids is 3. The van der Waals surface area contributed by atoms with Gasteiger partial charge in [-0.25, -0.2) is 28.3 Å². The van der Waals surface area contributed by atoms with Crippen LogP contribution in [-0.4, -0.2) is 41.9 Å². The number of benzene rings is 5. The number of fused-ring (bicyclic) bond motifs is 2. The van der Waals surface area contributed by atoms with Gasteiger partial charge in [0, 0.05) is 35.3 Å². The van der Waals surface area contributed by atoms with Crippen molar-refractivity contribution in [2.45, 2.75) is 68.9 Å². The lowest BCUT2D eigenvalue weighted by Crippen LogP contribution is -2.30. The lowest BCUT2D eigenvalue weighted by atomic mass is 10.1. The number of sulfonamides is 1. The first-order valence-electron chi connectivity index (χ1n) is 19.9. The molecule has 7 rings (SSSR count). The molecule has 0 saturated carbocycles. The van der Waals surface area contributed by atoms with Gasteiger partial charge in [-0.3, -0.25) is 14.9 Å². The maximum Gasteiger partial charge on any atom is 0.413 e. The monoisotopic (exact) mass is 883 g/mol. The van der Waals surface area contributed by atoms with E-state index in [-0.39, 0.29) is 28.9 Å². The minimum absolute atomic E-state index is 0.0406. The number of nitrogen functional groups attached to an aromatic ring is 1. The molecule has 63 heavy (non-hydrogen) atoms. The summed E-state index contributed by atoms with van der Waals surface area (Å²) in [6, 6.07) is 43.1. The number of nitrogens with one attached hydrogen (secondary N) is 1. The molecule has 0 spiro atoms. The number of carbonyl (C=O) groups is 3. The largest absolute Gasteiger partial charge is 0.444 e. The normalized spacial score (nSPS) is 11.3. The highest BCUT2D eigenvalue weighted by atomic mass is 32.2. The summed E-state index contributed by atoms with van der Waals surface area (Å²) >= 11 is 1.71. The zero-order chi connectivity index (χ0) is 45.3. The summed E-state index contributed by atoms with van der Waals surface area (Å²) in [7, 11) is -3.97. The van der Waals surface area contributed by atoms with Gasteiger partial charge in [0.25, 0.3) is 0 Å². The Morgan fingerprint density at radius 1 is 0.667 bits per heavy atom. The average molecular weight is 884 g/mol. The molecule has 0 unspecified atom stereocenters. The summed E-state index contributed by atoms with van der Waals surface area (Å²) in [5.74, 6) is 1.28. The van der Waals surface area contributed by atoms with Crippen molar-refractivity contribution >= 4 is 84.5 Å².